The van der Waals surface area contributed by atoms with Gasteiger partial charge in [0.05, 0.1) is 5.56 Å². The number of benzene rings is 1. The minimum absolute atomic E-state index is 0.0916. The monoisotopic (exact) mass is 295 g/mol. The number of amides is 1. The highest BCUT2D eigenvalue weighted by molar-refractivity contribution is 5.94. The van der Waals surface area contributed by atoms with Crippen molar-refractivity contribution in [2.24, 2.45) is 0 Å². The van der Waals surface area contributed by atoms with Gasteiger partial charge in [0.25, 0.3) is 5.91 Å². The molecule has 0 aliphatic rings. The first-order chi connectivity index (χ1) is 10.0. The van der Waals surface area contributed by atoms with Crippen LogP contribution in [0.4, 0.5) is 10.1 Å². The van der Waals surface area contributed by atoms with Crippen LogP contribution in [0, 0.1) is 5.82 Å². The fourth-order valence-electron chi connectivity index (χ4n) is 2.30. The van der Waals surface area contributed by atoms with Crippen molar-refractivity contribution < 1.29 is 9.18 Å². The minimum Gasteiger partial charge on any atom is -0.399 e. The summed E-state index contributed by atoms with van der Waals surface area (Å²) in [6, 6.07) is 4.21. The molecule has 1 aromatic carbocycles. The van der Waals surface area contributed by atoms with Crippen molar-refractivity contribution in [2.75, 3.05) is 38.5 Å². The van der Waals surface area contributed by atoms with E-state index in [0.717, 1.165) is 26.1 Å². The molecule has 1 aromatic rings. The predicted molar refractivity (Wildman–Crippen MR) is 84.8 cm³/mol. The van der Waals surface area contributed by atoms with Crippen LogP contribution in [0.15, 0.2) is 18.2 Å². The minimum atomic E-state index is -0.554. The molecule has 2 N–H and O–H groups in total. The zero-order chi connectivity index (χ0) is 15.8. The molecule has 21 heavy (non-hydrogen) atoms. The average Bonchev–Trinajstić information content (AvgIpc) is 2.47. The lowest BCUT2D eigenvalue weighted by molar-refractivity contribution is 0.0753. The molecule has 118 valence electrons. The fraction of sp³-hybridized carbons (Fsp3) is 0.562. The van der Waals surface area contributed by atoms with E-state index in [9.17, 15) is 9.18 Å². The summed E-state index contributed by atoms with van der Waals surface area (Å²) in [5, 5.41) is 0. The van der Waals surface area contributed by atoms with Crippen molar-refractivity contribution in [1.29, 1.82) is 0 Å². The summed E-state index contributed by atoms with van der Waals surface area (Å²) in [5.74, 6) is -0.822. The second-order valence-electron chi connectivity index (χ2n) is 5.00. The Balaban J connectivity index is 2.64. The summed E-state index contributed by atoms with van der Waals surface area (Å²) in [6.45, 7) is 10.3. The van der Waals surface area contributed by atoms with E-state index in [0.29, 0.717) is 18.8 Å². The molecule has 0 saturated carbocycles. The molecule has 5 heteroatoms. The van der Waals surface area contributed by atoms with E-state index in [1.807, 2.05) is 6.92 Å². The first-order valence-corrected chi connectivity index (χ1v) is 7.60. The third-order valence-corrected chi connectivity index (χ3v) is 3.69. The van der Waals surface area contributed by atoms with Crippen molar-refractivity contribution in [3.05, 3.63) is 29.6 Å². The molecular weight excluding hydrogens is 269 g/mol. The van der Waals surface area contributed by atoms with Gasteiger partial charge in [-0.3, -0.25) is 4.79 Å². The number of hydrogen-bond acceptors (Lipinski definition) is 3. The van der Waals surface area contributed by atoms with Crippen molar-refractivity contribution in [2.45, 2.75) is 27.2 Å². The van der Waals surface area contributed by atoms with E-state index in [2.05, 4.69) is 18.7 Å². The Kier molecular flexibility index (Phi) is 7.15. The number of halogens is 1. The highest BCUT2D eigenvalue weighted by Crippen LogP contribution is 2.14. The number of anilines is 1. The van der Waals surface area contributed by atoms with Crippen LogP contribution >= 0.6 is 0 Å². The van der Waals surface area contributed by atoms with Gasteiger partial charge >= 0.3 is 0 Å². The Labute approximate surface area is 126 Å². The van der Waals surface area contributed by atoms with Crippen LogP contribution < -0.4 is 5.73 Å². The van der Waals surface area contributed by atoms with E-state index in [-0.39, 0.29) is 11.5 Å². The van der Waals surface area contributed by atoms with Gasteiger partial charge in [-0.1, -0.05) is 13.8 Å². The molecule has 0 heterocycles. The van der Waals surface area contributed by atoms with E-state index in [4.69, 9.17) is 5.73 Å². The normalized spacial score (nSPS) is 10.9. The van der Waals surface area contributed by atoms with Crippen molar-refractivity contribution in [3.63, 3.8) is 0 Å². The number of rotatable bonds is 8. The van der Waals surface area contributed by atoms with Gasteiger partial charge in [-0.05, 0) is 51.2 Å². The molecule has 0 spiro atoms. The summed E-state index contributed by atoms with van der Waals surface area (Å²) in [5.41, 5.74) is 5.93. The number of nitrogens with zero attached hydrogens (tertiary/aromatic N) is 2. The van der Waals surface area contributed by atoms with Crippen LogP contribution in [0.3, 0.4) is 0 Å². The van der Waals surface area contributed by atoms with E-state index in [1.54, 1.807) is 11.0 Å². The third kappa shape index (κ3) is 5.01. The lowest BCUT2D eigenvalue weighted by atomic mass is 10.1. The van der Waals surface area contributed by atoms with Crippen LogP contribution in [0.5, 0.6) is 0 Å². The second kappa shape index (κ2) is 8.62. The predicted octanol–water partition coefficient (Wildman–Crippen LogP) is 2.60. The lowest BCUT2D eigenvalue weighted by Gasteiger charge is -2.24. The number of hydrogen-bond donors (Lipinski definition) is 1. The quantitative estimate of drug-likeness (QED) is 0.750. The molecule has 0 fully saturated rings. The molecule has 0 aliphatic heterocycles. The zero-order valence-corrected chi connectivity index (χ0v) is 13.2. The molecule has 0 atom stereocenters. The summed E-state index contributed by atoms with van der Waals surface area (Å²) in [4.78, 5) is 16.3. The molecule has 0 unspecified atom stereocenters. The highest BCUT2D eigenvalue weighted by atomic mass is 19.1. The molecule has 0 radical (unpaired) electrons. The Bertz CT molecular complexity index is 461. The maximum Gasteiger partial charge on any atom is 0.256 e. The van der Waals surface area contributed by atoms with E-state index < -0.39 is 5.82 Å². The zero-order valence-electron chi connectivity index (χ0n) is 13.2. The van der Waals surface area contributed by atoms with Crippen LogP contribution in [0.25, 0.3) is 0 Å². The number of carbonyl (C=O) groups excluding carboxylic acids is 1. The highest BCUT2D eigenvalue weighted by Gasteiger charge is 2.18. The maximum absolute atomic E-state index is 13.8. The largest absolute Gasteiger partial charge is 0.399 e. The van der Waals surface area contributed by atoms with Gasteiger partial charge in [0.1, 0.15) is 5.82 Å². The summed E-state index contributed by atoms with van der Waals surface area (Å²) in [7, 11) is 0. The first-order valence-electron chi connectivity index (χ1n) is 7.60. The lowest BCUT2D eigenvalue weighted by Crippen LogP contribution is -2.34. The van der Waals surface area contributed by atoms with Crippen LogP contribution in [0.2, 0.25) is 0 Å². The van der Waals surface area contributed by atoms with Gasteiger partial charge in [-0.15, -0.1) is 0 Å². The Morgan fingerprint density at radius 2 is 1.81 bits per heavy atom. The molecule has 0 aliphatic carbocycles. The first kappa shape index (κ1) is 17.4. The van der Waals surface area contributed by atoms with Gasteiger partial charge in [0.2, 0.25) is 0 Å². The van der Waals surface area contributed by atoms with Gasteiger partial charge in [0.15, 0.2) is 0 Å². The van der Waals surface area contributed by atoms with Crippen LogP contribution in [-0.4, -0.2) is 48.4 Å². The van der Waals surface area contributed by atoms with Crippen molar-refractivity contribution in [1.82, 2.24) is 9.80 Å². The molecule has 0 saturated heterocycles. The third-order valence-electron chi connectivity index (χ3n) is 3.69. The van der Waals surface area contributed by atoms with E-state index in [1.165, 1.54) is 12.1 Å². The summed E-state index contributed by atoms with van der Waals surface area (Å²) in [6.07, 6.45) is 0.887. The Morgan fingerprint density at radius 1 is 1.14 bits per heavy atom. The standard InChI is InChI=1S/C16H26FN3O/c1-4-19(5-2)10-7-11-20(6-3)16(21)14-9-8-13(18)12-15(14)17/h8-9,12H,4-7,10-11,18H2,1-3H3. The molecule has 0 bridgehead atoms. The molecule has 1 rings (SSSR count). The average molecular weight is 295 g/mol. The Morgan fingerprint density at radius 3 is 2.33 bits per heavy atom. The fourth-order valence-corrected chi connectivity index (χ4v) is 2.30. The van der Waals surface area contributed by atoms with Crippen LogP contribution in [0.1, 0.15) is 37.6 Å². The number of nitrogen functional groups attached to an aromatic ring is 1. The number of carbonyl (C=O) groups is 1. The second-order valence-corrected chi connectivity index (χ2v) is 5.00. The topological polar surface area (TPSA) is 49.6 Å². The smallest absolute Gasteiger partial charge is 0.256 e. The molecule has 1 amide bonds. The maximum atomic E-state index is 13.8. The SMILES string of the molecule is CCN(CC)CCCN(CC)C(=O)c1ccc(N)cc1F. The van der Waals surface area contributed by atoms with Crippen molar-refractivity contribution >= 4 is 11.6 Å². The van der Waals surface area contributed by atoms with Crippen molar-refractivity contribution in [3.8, 4) is 0 Å². The summed E-state index contributed by atoms with van der Waals surface area (Å²) >= 11 is 0. The molecular formula is C16H26FN3O. The van der Waals surface area contributed by atoms with Gasteiger partial charge in [-0.2, -0.15) is 0 Å². The molecule has 0 aromatic heterocycles. The molecule has 4 nitrogen and oxygen atoms in total. The van der Waals surface area contributed by atoms with Gasteiger partial charge in [0, 0.05) is 18.8 Å². The summed E-state index contributed by atoms with van der Waals surface area (Å²) < 4.78 is 13.8. The van der Waals surface area contributed by atoms with Gasteiger partial charge < -0.3 is 15.5 Å². The van der Waals surface area contributed by atoms with Crippen LogP contribution in [-0.2, 0) is 0 Å². The van der Waals surface area contributed by atoms with E-state index >= 15 is 0 Å². The number of nitrogens with two attached hydrogens (primary N) is 1. The Hall–Kier alpha value is -1.62. The van der Waals surface area contributed by atoms with Gasteiger partial charge in [-0.25, -0.2) is 4.39 Å².